The van der Waals surface area contributed by atoms with Crippen molar-refractivity contribution in [3.05, 3.63) is 18.1 Å². The molecule has 1 atom stereocenters. The Kier molecular flexibility index (Phi) is 3.79. The van der Waals surface area contributed by atoms with Gasteiger partial charge in [-0.1, -0.05) is 0 Å². The van der Waals surface area contributed by atoms with Crippen LogP contribution in [0.1, 0.15) is 19.5 Å². The second-order valence-electron chi connectivity index (χ2n) is 5.09. The lowest BCUT2D eigenvalue weighted by atomic mass is 10.1. The average molecular weight is 252 g/mol. The van der Waals surface area contributed by atoms with Gasteiger partial charge in [-0.3, -0.25) is 4.98 Å². The highest BCUT2D eigenvalue weighted by atomic mass is 16.5. The van der Waals surface area contributed by atoms with E-state index in [0.29, 0.717) is 19.6 Å². The molecule has 100 valence electrons. The summed E-state index contributed by atoms with van der Waals surface area (Å²) in [6.07, 6.45) is 3.09. The van der Waals surface area contributed by atoms with Crippen LogP contribution in [-0.4, -0.2) is 46.5 Å². The molecule has 1 unspecified atom stereocenters. The lowest BCUT2D eigenvalue weighted by Gasteiger charge is -2.43. The summed E-state index contributed by atoms with van der Waals surface area (Å²) >= 11 is 0. The van der Waals surface area contributed by atoms with Crippen LogP contribution in [0.5, 0.6) is 0 Å². The quantitative estimate of drug-likeness (QED) is 0.782. The second kappa shape index (κ2) is 5.17. The molecule has 0 aromatic carbocycles. The third-order valence-electron chi connectivity index (χ3n) is 2.93. The molecule has 6 nitrogen and oxygen atoms in total. The number of aliphatic hydroxyl groups excluding tert-OH is 1. The zero-order chi connectivity index (χ0) is 13.2. The molecule has 1 aliphatic rings. The highest BCUT2D eigenvalue weighted by Gasteiger charge is 2.34. The predicted molar refractivity (Wildman–Crippen MR) is 68.2 cm³/mol. The monoisotopic (exact) mass is 252 g/mol. The van der Waals surface area contributed by atoms with Gasteiger partial charge in [0.2, 0.25) is 0 Å². The summed E-state index contributed by atoms with van der Waals surface area (Å²) in [6.45, 7) is 5.66. The largest absolute Gasteiger partial charge is 0.394 e. The highest BCUT2D eigenvalue weighted by molar-refractivity contribution is 5.44. The Labute approximate surface area is 107 Å². The van der Waals surface area contributed by atoms with Gasteiger partial charge in [-0.15, -0.1) is 0 Å². The fourth-order valence-corrected chi connectivity index (χ4v) is 2.32. The summed E-state index contributed by atoms with van der Waals surface area (Å²) in [5.74, 6) is 0.787. The Hall–Kier alpha value is -1.24. The Morgan fingerprint density at radius 3 is 2.89 bits per heavy atom. The summed E-state index contributed by atoms with van der Waals surface area (Å²) in [6, 6.07) is 0. The van der Waals surface area contributed by atoms with Crippen molar-refractivity contribution in [1.82, 2.24) is 9.97 Å². The van der Waals surface area contributed by atoms with Crippen LogP contribution in [0.15, 0.2) is 12.4 Å². The van der Waals surface area contributed by atoms with E-state index in [1.807, 2.05) is 13.8 Å². The van der Waals surface area contributed by atoms with E-state index in [1.54, 1.807) is 12.4 Å². The number of hydrogen-bond donors (Lipinski definition) is 2. The molecule has 1 saturated heterocycles. The molecule has 2 rings (SSSR count). The molecule has 6 heteroatoms. The SMILES string of the molecule is CC1(C)CN(c2nccnc2CN)CC(CO)O1. The number of nitrogens with zero attached hydrogens (tertiary/aromatic N) is 3. The zero-order valence-electron chi connectivity index (χ0n) is 10.8. The minimum atomic E-state index is -0.324. The topological polar surface area (TPSA) is 84.5 Å². The van der Waals surface area contributed by atoms with E-state index >= 15 is 0 Å². The highest BCUT2D eigenvalue weighted by Crippen LogP contribution is 2.25. The Morgan fingerprint density at radius 1 is 1.50 bits per heavy atom. The number of rotatable bonds is 3. The van der Waals surface area contributed by atoms with Crippen LogP contribution in [0, 0.1) is 0 Å². The number of hydrogen-bond acceptors (Lipinski definition) is 6. The minimum Gasteiger partial charge on any atom is -0.394 e. The number of ether oxygens (including phenoxy) is 1. The Balaban J connectivity index is 2.26. The van der Waals surface area contributed by atoms with Gasteiger partial charge < -0.3 is 20.5 Å². The molecule has 0 amide bonds. The molecule has 0 aliphatic carbocycles. The molecule has 0 bridgehead atoms. The molecule has 18 heavy (non-hydrogen) atoms. The van der Waals surface area contributed by atoms with Crippen molar-refractivity contribution in [3.63, 3.8) is 0 Å². The van der Waals surface area contributed by atoms with Gasteiger partial charge >= 0.3 is 0 Å². The standard InChI is InChI=1S/C12H20N4O2/c1-12(2)8-16(6-9(7-17)18-12)11-10(5-13)14-3-4-15-11/h3-4,9,17H,5-8,13H2,1-2H3. The summed E-state index contributed by atoms with van der Waals surface area (Å²) in [5, 5.41) is 9.30. The molecular weight excluding hydrogens is 232 g/mol. The van der Waals surface area contributed by atoms with Crippen molar-refractivity contribution in [2.24, 2.45) is 5.73 Å². The molecular formula is C12H20N4O2. The van der Waals surface area contributed by atoms with E-state index in [2.05, 4.69) is 14.9 Å². The second-order valence-corrected chi connectivity index (χ2v) is 5.09. The maximum Gasteiger partial charge on any atom is 0.151 e. The lowest BCUT2D eigenvalue weighted by Crippen LogP contribution is -2.54. The maximum atomic E-state index is 9.30. The first kappa shape index (κ1) is 13.2. The van der Waals surface area contributed by atoms with Crippen LogP contribution in [-0.2, 0) is 11.3 Å². The van der Waals surface area contributed by atoms with Gasteiger partial charge in [0.05, 0.1) is 24.0 Å². The minimum absolute atomic E-state index is 0.00183. The van der Waals surface area contributed by atoms with Gasteiger partial charge in [-0.05, 0) is 13.8 Å². The Bertz CT molecular complexity index is 411. The first-order valence-electron chi connectivity index (χ1n) is 6.09. The van der Waals surface area contributed by atoms with Crippen molar-refractivity contribution in [2.45, 2.75) is 32.1 Å². The van der Waals surface area contributed by atoms with E-state index in [-0.39, 0.29) is 18.3 Å². The van der Waals surface area contributed by atoms with E-state index in [0.717, 1.165) is 11.5 Å². The lowest BCUT2D eigenvalue weighted by molar-refractivity contribution is -0.101. The maximum absolute atomic E-state index is 9.30. The third kappa shape index (κ3) is 2.77. The van der Waals surface area contributed by atoms with E-state index < -0.39 is 0 Å². The van der Waals surface area contributed by atoms with E-state index in [9.17, 15) is 5.11 Å². The van der Waals surface area contributed by atoms with Crippen molar-refractivity contribution >= 4 is 5.82 Å². The molecule has 2 heterocycles. The zero-order valence-corrected chi connectivity index (χ0v) is 10.8. The fraction of sp³-hybridized carbons (Fsp3) is 0.667. The summed E-state index contributed by atoms with van der Waals surface area (Å²) < 4.78 is 5.78. The number of morpholine rings is 1. The number of nitrogens with two attached hydrogens (primary N) is 1. The Morgan fingerprint density at radius 2 is 2.22 bits per heavy atom. The molecule has 0 radical (unpaired) electrons. The summed E-state index contributed by atoms with van der Waals surface area (Å²) in [4.78, 5) is 10.7. The average Bonchev–Trinajstić information content (AvgIpc) is 2.36. The first-order chi connectivity index (χ1) is 8.55. The smallest absolute Gasteiger partial charge is 0.151 e. The normalized spacial score (nSPS) is 23.1. The van der Waals surface area contributed by atoms with Crippen LogP contribution >= 0.6 is 0 Å². The van der Waals surface area contributed by atoms with Crippen LogP contribution in [0.2, 0.25) is 0 Å². The van der Waals surface area contributed by atoms with Crippen LogP contribution in [0.3, 0.4) is 0 Å². The third-order valence-corrected chi connectivity index (χ3v) is 2.93. The summed E-state index contributed by atoms with van der Waals surface area (Å²) in [5.41, 5.74) is 6.13. The van der Waals surface area contributed by atoms with Crippen molar-refractivity contribution < 1.29 is 9.84 Å². The molecule has 1 aromatic rings. The molecule has 1 fully saturated rings. The van der Waals surface area contributed by atoms with Gasteiger partial charge in [-0.25, -0.2) is 4.98 Å². The number of anilines is 1. The van der Waals surface area contributed by atoms with Crippen LogP contribution in [0.25, 0.3) is 0 Å². The fourth-order valence-electron chi connectivity index (χ4n) is 2.32. The van der Waals surface area contributed by atoms with Crippen molar-refractivity contribution in [2.75, 3.05) is 24.6 Å². The molecule has 1 aromatic heterocycles. The molecule has 0 saturated carbocycles. The number of aromatic nitrogens is 2. The van der Waals surface area contributed by atoms with Gasteiger partial charge in [0.15, 0.2) is 5.82 Å². The van der Waals surface area contributed by atoms with Crippen LogP contribution < -0.4 is 10.6 Å². The van der Waals surface area contributed by atoms with Gasteiger partial charge in [0.1, 0.15) is 0 Å². The van der Waals surface area contributed by atoms with Crippen LogP contribution in [0.4, 0.5) is 5.82 Å². The number of aliphatic hydroxyl groups is 1. The van der Waals surface area contributed by atoms with Crippen molar-refractivity contribution in [3.8, 4) is 0 Å². The van der Waals surface area contributed by atoms with E-state index in [1.165, 1.54) is 0 Å². The molecule has 3 N–H and O–H groups in total. The molecule has 1 aliphatic heterocycles. The van der Waals surface area contributed by atoms with Gasteiger partial charge in [0, 0.05) is 32.0 Å². The van der Waals surface area contributed by atoms with Gasteiger partial charge in [0.25, 0.3) is 0 Å². The summed E-state index contributed by atoms with van der Waals surface area (Å²) in [7, 11) is 0. The molecule has 0 spiro atoms. The predicted octanol–water partition coefficient (Wildman–Crippen LogP) is -0.0886. The van der Waals surface area contributed by atoms with E-state index in [4.69, 9.17) is 10.5 Å². The van der Waals surface area contributed by atoms with Gasteiger partial charge in [-0.2, -0.15) is 0 Å². The first-order valence-corrected chi connectivity index (χ1v) is 6.09. The van der Waals surface area contributed by atoms with Crippen molar-refractivity contribution in [1.29, 1.82) is 0 Å².